The van der Waals surface area contributed by atoms with Gasteiger partial charge < -0.3 is 5.73 Å². The van der Waals surface area contributed by atoms with E-state index in [1.54, 1.807) is 0 Å². The first-order chi connectivity index (χ1) is 8.25. The van der Waals surface area contributed by atoms with E-state index in [4.69, 9.17) is 5.73 Å². The summed E-state index contributed by atoms with van der Waals surface area (Å²) in [6.45, 7) is 0. The van der Waals surface area contributed by atoms with Crippen molar-refractivity contribution in [3.05, 3.63) is 51.9 Å². The SMILES string of the molecule is NC1CCc2c(c(=O)[nH]n2-c2ccccc2)C1. The van der Waals surface area contributed by atoms with Gasteiger partial charge in [0.15, 0.2) is 0 Å². The third kappa shape index (κ3) is 1.70. The molecule has 0 radical (unpaired) electrons. The number of aromatic nitrogens is 2. The predicted octanol–water partition coefficient (Wildman–Crippen LogP) is 0.982. The van der Waals surface area contributed by atoms with Gasteiger partial charge in [0, 0.05) is 17.3 Å². The van der Waals surface area contributed by atoms with Crippen molar-refractivity contribution in [2.75, 3.05) is 0 Å². The zero-order chi connectivity index (χ0) is 11.8. The molecule has 4 heteroatoms. The minimum Gasteiger partial charge on any atom is -0.327 e. The van der Waals surface area contributed by atoms with E-state index in [-0.39, 0.29) is 11.6 Å². The summed E-state index contributed by atoms with van der Waals surface area (Å²) in [5.41, 5.74) is 8.84. The van der Waals surface area contributed by atoms with E-state index in [9.17, 15) is 4.79 Å². The minimum atomic E-state index is -0.000923. The van der Waals surface area contributed by atoms with Crippen LogP contribution in [-0.2, 0) is 12.8 Å². The van der Waals surface area contributed by atoms with Crippen molar-refractivity contribution in [1.29, 1.82) is 0 Å². The molecule has 3 rings (SSSR count). The normalized spacial score (nSPS) is 19.0. The lowest BCUT2D eigenvalue weighted by molar-refractivity contribution is 0.562. The maximum absolute atomic E-state index is 11.9. The summed E-state index contributed by atoms with van der Waals surface area (Å²) in [6, 6.07) is 10.0. The molecule has 1 heterocycles. The Hall–Kier alpha value is -1.81. The number of aromatic amines is 1. The van der Waals surface area contributed by atoms with Gasteiger partial charge in [0.2, 0.25) is 0 Å². The number of H-pyrrole nitrogens is 1. The minimum absolute atomic E-state index is 0.000923. The van der Waals surface area contributed by atoms with E-state index in [1.165, 1.54) is 0 Å². The Balaban J connectivity index is 2.14. The molecule has 1 aliphatic carbocycles. The van der Waals surface area contributed by atoms with Gasteiger partial charge in [-0.05, 0) is 31.4 Å². The van der Waals surface area contributed by atoms with Crippen LogP contribution in [0.2, 0.25) is 0 Å². The summed E-state index contributed by atoms with van der Waals surface area (Å²) in [4.78, 5) is 11.9. The molecule has 88 valence electrons. The van der Waals surface area contributed by atoms with Crippen molar-refractivity contribution in [1.82, 2.24) is 9.78 Å². The highest BCUT2D eigenvalue weighted by Crippen LogP contribution is 2.20. The summed E-state index contributed by atoms with van der Waals surface area (Å²) in [5, 5.41) is 2.90. The molecule has 1 unspecified atom stereocenters. The molecule has 1 aliphatic rings. The van der Waals surface area contributed by atoms with Gasteiger partial charge in [0.05, 0.1) is 5.69 Å². The van der Waals surface area contributed by atoms with Crippen LogP contribution in [0.15, 0.2) is 35.1 Å². The van der Waals surface area contributed by atoms with Crippen LogP contribution in [0.5, 0.6) is 0 Å². The molecule has 0 aliphatic heterocycles. The van der Waals surface area contributed by atoms with Gasteiger partial charge in [-0.25, -0.2) is 0 Å². The smallest absolute Gasteiger partial charge is 0.267 e. The third-order valence-corrected chi connectivity index (χ3v) is 3.34. The Labute approximate surface area is 99.1 Å². The fourth-order valence-corrected chi connectivity index (χ4v) is 2.46. The summed E-state index contributed by atoms with van der Waals surface area (Å²) < 4.78 is 1.89. The van der Waals surface area contributed by atoms with Crippen LogP contribution in [0.3, 0.4) is 0 Å². The maximum Gasteiger partial charge on any atom is 0.267 e. The lowest BCUT2D eigenvalue weighted by Gasteiger charge is -2.18. The number of nitrogens with two attached hydrogens (primary N) is 1. The third-order valence-electron chi connectivity index (χ3n) is 3.34. The monoisotopic (exact) mass is 229 g/mol. The van der Waals surface area contributed by atoms with Crippen molar-refractivity contribution in [2.45, 2.75) is 25.3 Å². The standard InChI is InChI=1S/C13H15N3O/c14-9-6-7-12-11(8-9)13(17)15-16(12)10-4-2-1-3-5-10/h1-5,9H,6-8,14H2,(H,15,17). The van der Waals surface area contributed by atoms with Gasteiger partial charge in [0.1, 0.15) is 0 Å². The number of rotatable bonds is 1. The largest absolute Gasteiger partial charge is 0.327 e. The molecule has 2 aromatic rings. The van der Waals surface area contributed by atoms with E-state index in [0.717, 1.165) is 29.8 Å². The van der Waals surface area contributed by atoms with Gasteiger partial charge in [-0.2, -0.15) is 0 Å². The second-order valence-corrected chi connectivity index (χ2v) is 4.54. The Kier molecular flexibility index (Phi) is 2.37. The first-order valence-electron chi connectivity index (χ1n) is 5.89. The summed E-state index contributed by atoms with van der Waals surface area (Å²) in [6.07, 6.45) is 2.49. The Morgan fingerprint density at radius 3 is 2.82 bits per heavy atom. The maximum atomic E-state index is 11.9. The van der Waals surface area contributed by atoms with Crippen LogP contribution >= 0.6 is 0 Å². The van der Waals surface area contributed by atoms with Crippen molar-refractivity contribution >= 4 is 0 Å². The van der Waals surface area contributed by atoms with Crippen LogP contribution in [-0.4, -0.2) is 15.8 Å². The van der Waals surface area contributed by atoms with Crippen LogP contribution in [0.1, 0.15) is 17.7 Å². The average molecular weight is 229 g/mol. The van der Waals surface area contributed by atoms with Crippen LogP contribution < -0.4 is 11.3 Å². The lowest BCUT2D eigenvalue weighted by Crippen LogP contribution is -2.30. The van der Waals surface area contributed by atoms with Gasteiger partial charge in [-0.1, -0.05) is 18.2 Å². The van der Waals surface area contributed by atoms with Gasteiger partial charge in [-0.3, -0.25) is 14.6 Å². The van der Waals surface area contributed by atoms with E-state index < -0.39 is 0 Å². The molecule has 1 aromatic heterocycles. The summed E-state index contributed by atoms with van der Waals surface area (Å²) in [5.74, 6) is 0. The second-order valence-electron chi connectivity index (χ2n) is 4.54. The molecular formula is C13H15N3O. The van der Waals surface area contributed by atoms with Crippen molar-refractivity contribution in [3.63, 3.8) is 0 Å². The molecule has 0 spiro atoms. The number of fused-ring (bicyclic) bond motifs is 1. The molecule has 0 bridgehead atoms. The number of benzene rings is 1. The fraction of sp³-hybridized carbons (Fsp3) is 0.308. The molecule has 17 heavy (non-hydrogen) atoms. The van der Waals surface area contributed by atoms with Crippen molar-refractivity contribution < 1.29 is 0 Å². The van der Waals surface area contributed by atoms with Crippen LogP contribution in [0.4, 0.5) is 0 Å². The van der Waals surface area contributed by atoms with Gasteiger partial charge in [-0.15, -0.1) is 0 Å². The molecule has 1 atom stereocenters. The zero-order valence-corrected chi connectivity index (χ0v) is 9.52. The number of hydrogen-bond donors (Lipinski definition) is 2. The summed E-state index contributed by atoms with van der Waals surface area (Å²) >= 11 is 0. The average Bonchev–Trinajstić information content (AvgIpc) is 2.68. The highest BCUT2D eigenvalue weighted by molar-refractivity contribution is 5.36. The molecule has 0 saturated heterocycles. The van der Waals surface area contributed by atoms with E-state index in [2.05, 4.69) is 5.10 Å². The Morgan fingerprint density at radius 1 is 1.29 bits per heavy atom. The number of para-hydroxylation sites is 1. The molecule has 0 amide bonds. The van der Waals surface area contributed by atoms with Crippen molar-refractivity contribution in [3.8, 4) is 5.69 Å². The number of hydrogen-bond acceptors (Lipinski definition) is 2. The van der Waals surface area contributed by atoms with Crippen LogP contribution in [0, 0.1) is 0 Å². The quantitative estimate of drug-likeness (QED) is 0.765. The molecule has 1 aromatic carbocycles. The second kappa shape index (κ2) is 3.89. The highest BCUT2D eigenvalue weighted by Gasteiger charge is 2.23. The van der Waals surface area contributed by atoms with Gasteiger partial charge in [0.25, 0.3) is 5.56 Å². The molecular weight excluding hydrogens is 214 g/mol. The topological polar surface area (TPSA) is 63.8 Å². The Morgan fingerprint density at radius 2 is 2.06 bits per heavy atom. The lowest BCUT2D eigenvalue weighted by atomic mass is 9.94. The highest BCUT2D eigenvalue weighted by atomic mass is 16.1. The van der Waals surface area contributed by atoms with Gasteiger partial charge >= 0.3 is 0 Å². The first-order valence-corrected chi connectivity index (χ1v) is 5.89. The fourth-order valence-electron chi connectivity index (χ4n) is 2.46. The molecule has 3 N–H and O–H groups in total. The van der Waals surface area contributed by atoms with Crippen molar-refractivity contribution in [2.24, 2.45) is 5.73 Å². The molecule has 0 fully saturated rings. The molecule has 0 saturated carbocycles. The zero-order valence-electron chi connectivity index (χ0n) is 9.52. The van der Waals surface area contributed by atoms with Crippen LogP contribution in [0.25, 0.3) is 5.69 Å². The predicted molar refractivity (Wildman–Crippen MR) is 66.4 cm³/mol. The van der Waals surface area contributed by atoms with E-state index in [0.29, 0.717) is 6.42 Å². The van der Waals surface area contributed by atoms with E-state index in [1.807, 2.05) is 35.0 Å². The first kappa shape index (κ1) is 10.4. The summed E-state index contributed by atoms with van der Waals surface area (Å²) in [7, 11) is 0. The number of nitrogens with zero attached hydrogens (tertiary/aromatic N) is 1. The molecule has 4 nitrogen and oxygen atoms in total. The Bertz CT molecular complexity index is 582. The van der Waals surface area contributed by atoms with E-state index >= 15 is 0 Å². The number of nitrogens with one attached hydrogen (secondary N) is 1.